The first-order chi connectivity index (χ1) is 8.08. The van der Waals surface area contributed by atoms with Crippen molar-refractivity contribution in [1.82, 2.24) is 5.32 Å². The summed E-state index contributed by atoms with van der Waals surface area (Å²) in [4.78, 5) is 10.3. The molecular formula is C11H14BrNO4. The standard InChI is InChI=1S/C11H14BrNO4/c1-16-9-6-8(12)10(17-2)5-7(9)3-4-13-11(14)15/h5-6,13H,3-4H2,1-2H3,(H,14,15). The monoisotopic (exact) mass is 303 g/mol. The summed E-state index contributed by atoms with van der Waals surface area (Å²) < 4.78 is 11.2. The number of amides is 1. The van der Waals surface area contributed by atoms with Gasteiger partial charge in [0.2, 0.25) is 0 Å². The van der Waals surface area contributed by atoms with Crippen LogP contribution in [0, 0.1) is 0 Å². The van der Waals surface area contributed by atoms with Crippen LogP contribution in [-0.4, -0.2) is 32.0 Å². The van der Waals surface area contributed by atoms with E-state index < -0.39 is 6.09 Å². The van der Waals surface area contributed by atoms with Gasteiger partial charge in [0.05, 0.1) is 18.7 Å². The molecule has 0 bridgehead atoms. The molecule has 0 aliphatic rings. The average Bonchev–Trinajstić information content (AvgIpc) is 2.30. The number of rotatable bonds is 5. The van der Waals surface area contributed by atoms with E-state index >= 15 is 0 Å². The molecule has 0 saturated carbocycles. The van der Waals surface area contributed by atoms with E-state index in [2.05, 4.69) is 21.2 Å². The van der Waals surface area contributed by atoms with Crippen molar-refractivity contribution in [3.05, 3.63) is 22.2 Å². The van der Waals surface area contributed by atoms with Gasteiger partial charge >= 0.3 is 6.09 Å². The second kappa shape index (κ2) is 6.34. The molecule has 0 atom stereocenters. The fourth-order valence-corrected chi connectivity index (χ4v) is 1.91. The number of benzene rings is 1. The minimum atomic E-state index is -1.03. The van der Waals surface area contributed by atoms with Crippen molar-refractivity contribution in [3.63, 3.8) is 0 Å². The van der Waals surface area contributed by atoms with Gasteiger partial charge in [0.15, 0.2) is 0 Å². The maximum Gasteiger partial charge on any atom is 0.404 e. The summed E-state index contributed by atoms with van der Waals surface area (Å²) in [5.74, 6) is 1.39. The van der Waals surface area contributed by atoms with E-state index in [0.29, 0.717) is 24.5 Å². The molecule has 1 amide bonds. The molecule has 94 valence electrons. The van der Waals surface area contributed by atoms with E-state index in [9.17, 15) is 4.79 Å². The molecule has 0 aliphatic heterocycles. The minimum absolute atomic E-state index is 0.330. The van der Waals surface area contributed by atoms with Gasteiger partial charge in [0.25, 0.3) is 0 Å². The predicted molar refractivity (Wildman–Crippen MR) is 67.0 cm³/mol. The quantitative estimate of drug-likeness (QED) is 0.875. The van der Waals surface area contributed by atoms with Crippen LogP contribution >= 0.6 is 15.9 Å². The van der Waals surface area contributed by atoms with Crippen molar-refractivity contribution in [2.45, 2.75) is 6.42 Å². The minimum Gasteiger partial charge on any atom is -0.496 e. The highest BCUT2D eigenvalue weighted by Crippen LogP contribution is 2.32. The molecule has 0 fully saturated rings. The molecule has 0 unspecified atom stereocenters. The molecule has 6 heteroatoms. The maximum atomic E-state index is 10.3. The number of halogens is 1. The molecule has 0 aromatic heterocycles. The molecule has 1 aromatic carbocycles. The Balaban J connectivity index is 2.84. The summed E-state index contributed by atoms with van der Waals surface area (Å²) in [5, 5.41) is 10.8. The largest absolute Gasteiger partial charge is 0.496 e. The van der Waals surface area contributed by atoms with Crippen LogP contribution in [0.4, 0.5) is 4.79 Å². The molecule has 0 aliphatic carbocycles. The lowest BCUT2D eigenvalue weighted by molar-refractivity contribution is 0.194. The van der Waals surface area contributed by atoms with Gasteiger partial charge in [0.1, 0.15) is 11.5 Å². The van der Waals surface area contributed by atoms with E-state index in [1.54, 1.807) is 20.3 Å². The number of hydrogen-bond donors (Lipinski definition) is 2. The lowest BCUT2D eigenvalue weighted by atomic mass is 10.1. The number of carbonyl (C=O) groups is 1. The fourth-order valence-electron chi connectivity index (χ4n) is 1.42. The highest BCUT2D eigenvalue weighted by atomic mass is 79.9. The van der Waals surface area contributed by atoms with Gasteiger partial charge in [-0.2, -0.15) is 0 Å². The van der Waals surface area contributed by atoms with Crippen molar-refractivity contribution in [1.29, 1.82) is 0 Å². The molecule has 2 N–H and O–H groups in total. The fraction of sp³-hybridized carbons (Fsp3) is 0.364. The van der Waals surface area contributed by atoms with Crippen LogP contribution in [0.2, 0.25) is 0 Å². The third kappa shape index (κ3) is 3.81. The van der Waals surface area contributed by atoms with Crippen molar-refractivity contribution in [2.75, 3.05) is 20.8 Å². The van der Waals surface area contributed by atoms with Gasteiger partial charge in [-0.1, -0.05) is 0 Å². The molecule has 0 saturated heterocycles. The second-order valence-electron chi connectivity index (χ2n) is 3.28. The number of carboxylic acid groups (broad SMARTS) is 1. The Labute approximate surface area is 108 Å². The first-order valence-electron chi connectivity index (χ1n) is 4.95. The summed E-state index contributed by atoms with van der Waals surface area (Å²) in [7, 11) is 3.15. The van der Waals surface area contributed by atoms with Gasteiger partial charge in [-0.25, -0.2) is 4.79 Å². The zero-order valence-corrected chi connectivity index (χ0v) is 11.2. The Morgan fingerprint density at radius 3 is 2.53 bits per heavy atom. The summed E-state index contributed by atoms with van der Waals surface area (Å²) in [5.41, 5.74) is 0.890. The van der Waals surface area contributed by atoms with Gasteiger partial charge in [-0.15, -0.1) is 0 Å². The average molecular weight is 304 g/mol. The topological polar surface area (TPSA) is 67.8 Å². The summed E-state index contributed by atoms with van der Waals surface area (Å²) in [6.45, 7) is 0.330. The molecule has 0 spiro atoms. The molecule has 0 radical (unpaired) electrons. The first kappa shape index (κ1) is 13.6. The Morgan fingerprint density at radius 2 is 2.00 bits per heavy atom. The smallest absolute Gasteiger partial charge is 0.404 e. The lowest BCUT2D eigenvalue weighted by Crippen LogP contribution is -2.23. The Kier molecular flexibility index (Phi) is 5.09. The van der Waals surface area contributed by atoms with Crippen LogP contribution in [0.5, 0.6) is 11.5 Å². The molecule has 5 nitrogen and oxygen atoms in total. The molecule has 17 heavy (non-hydrogen) atoms. The highest BCUT2D eigenvalue weighted by molar-refractivity contribution is 9.10. The maximum absolute atomic E-state index is 10.3. The van der Waals surface area contributed by atoms with E-state index in [1.807, 2.05) is 6.07 Å². The number of ether oxygens (including phenoxy) is 2. The molecular weight excluding hydrogens is 290 g/mol. The van der Waals surface area contributed by atoms with E-state index in [0.717, 1.165) is 10.0 Å². The van der Waals surface area contributed by atoms with Crippen LogP contribution in [0.15, 0.2) is 16.6 Å². The van der Waals surface area contributed by atoms with E-state index in [1.165, 1.54) is 0 Å². The van der Waals surface area contributed by atoms with Gasteiger partial charge in [-0.05, 0) is 40.0 Å². The van der Waals surface area contributed by atoms with E-state index in [4.69, 9.17) is 14.6 Å². The normalized spacial score (nSPS) is 9.82. The van der Waals surface area contributed by atoms with E-state index in [-0.39, 0.29) is 0 Å². The van der Waals surface area contributed by atoms with Crippen molar-refractivity contribution in [2.24, 2.45) is 0 Å². The van der Waals surface area contributed by atoms with Gasteiger partial charge in [0, 0.05) is 6.54 Å². The Bertz CT molecular complexity index is 409. The SMILES string of the molecule is COc1cc(CCNC(=O)O)c(OC)cc1Br. The number of hydrogen-bond acceptors (Lipinski definition) is 3. The summed E-state index contributed by atoms with van der Waals surface area (Å²) in [6.07, 6.45) is -0.493. The van der Waals surface area contributed by atoms with Crippen LogP contribution in [0.25, 0.3) is 0 Å². The third-order valence-electron chi connectivity index (χ3n) is 2.23. The summed E-state index contributed by atoms with van der Waals surface area (Å²) in [6, 6.07) is 3.63. The van der Waals surface area contributed by atoms with Crippen molar-refractivity contribution >= 4 is 22.0 Å². The Hall–Kier alpha value is -1.43. The third-order valence-corrected chi connectivity index (χ3v) is 2.85. The van der Waals surface area contributed by atoms with Gasteiger partial charge in [-0.3, -0.25) is 0 Å². The Morgan fingerprint density at radius 1 is 1.35 bits per heavy atom. The van der Waals surface area contributed by atoms with Gasteiger partial charge < -0.3 is 19.9 Å². The van der Waals surface area contributed by atoms with Crippen LogP contribution in [0.3, 0.4) is 0 Å². The second-order valence-corrected chi connectivity index (χ2v) is 4.13. The summed E-state index contributed by atoms with van der Waals surface area (Å²) >= 11 is 3.36. The molecule has 1 rings (SSSR count). The predicted octanol–water partition coefficient (Wildman–Crippen LogP) is 2.28. The number of methoxy groups -OCH3 is 2. The van der Waals surface area contributed by atoms with Crippen molar-refractivity contribution in [3.8, 4) is 11.5 Å². The van der Waals surface area contributed by atoms with Crippen LogP contribution < -0.4 is 14.8 Å². The molecule has 1 aromatic rings. The lowest BCUT2D eigenvalue weighted by Gasteiger charge is -2.12. The van der Waals surface area contributed by atoms with Crippen molar-refractivity contribution < 1.29 is 19.4 Å². The molecule has 0 heterocycles. The van der Waals surface area contributed by atoms with Crippen LogP contribution in [-0.2, 0) is 6.42 Å². The first-order valence-corrected chi connectivity index (χ1v) is 5.75. The zero-order valence-electron chi connectivity index (χ0n) is 9.62. The zero-order chi connectivity index (χ0) is 12.8. The van der Waals surface area contributed by atoms with Crippen LogP contribution in [0.1, 0.15) is 5.56 Å². The highest BCUT2D eigenvalue weighted by Gasteiger charge is 2.09. The number of nitrogens with one attached hydrogen (secondary N) is 1.